The zero-order chi connectivity index (χ0) is 16.7. The fourth-order valence-corrected chi connectivity index (χ4v) is 3.86. The second-order valence-electron chi connectivity index (χ2n) is 7.12. The van der Waals surface area contributed by atoms with E-state index in [4.69, 9.17) is 9.73 Å². The molecule has 1 aliphatic heterocycles. The molecule has 132 valence electrons. The lowest BCUT2D eigenvalue weighted by Gasteiger charge is -2.33. The van der Waals surface area contributed by atoms with E-state index in [-0.39, 0.29) is 11.9 Å². The number of ether oxygens (including phenoxy) is 1. The molecule has 5 heteroatoms. The van der Waals surface area contributed by atoms with Gasteiger partial charge in [-0.25, -0.2) is 0 Å². The van der Waals surface area contributed by atoms with Crippen molar-refractivity contribution < 1.29 is 9.53 Å². The number of likely N-dealkylation sites (tertiary alicyclic amines) is 1. The lowest BCUT2D eigenvalue weighted by Crippen LogP contribution is -2.47. The van der Waals surface area contributed by atoms with Gasteiger partial charge in [0.05, 0.1) is 13.0 Å². The van der Waals surface area contributed by atoms with E-state index in [9.17, 15) is 4.79 Å². The van der Waals surface area contributed by atoms with Crippen LogP contribution in [0.25, 0.3) is 0 Å². The van der Waals surface area contributed by atoms with Gasteiger partial charge in [0.1, 0.15) is 0 Å². The van der Waals surface area contributed by atoms with Crippen molar-refractivity contribution in [3.8, 4) is 0 Å². The molecule has 0 aromatic heterocycles. The molecule has 0 aromatic rings. The number of esters is 1. The first-order chi connectivity index (χ1) is 11.1. The van der Waals surface area contributed by atoms with Gasteiger partial charge in [0, 0.05) is 26.2 Å². The van der Waals surface area contributed by atoms with Gasteiger partial charge in [-0.05, 0) is 44.4 Å². The number of aliphatic imine (C=N–C) groups is 1. The molecular formula is C18H33N3O2. The zero-order valence-corrected chi connectivity index (χ0v) is 15.0. The number of methoxy groups -OCH3 is 1. The number of piperidine rings is 1. The fourth-order valence-electron chi connectivity index (χ4n) is 3.86. The van der Waals surface area contributed by atoms with Gasteiger partial charge in [-0.1, -0.05) is 19.8 Å². The molecule has 0 bridgehead atoms. The first kappa shape index (κ1) is 18.1. The van der Waals surface area contributed by atoms with E-state index in [1.54, 1.807) is 0 Å². The van der Waals surface area contributed by atoms with E-state index in [1.165, 1.54) is 32.8 Å². The van der Waals surface area contributed by atoms with Crippen molar-refractivity contribution in [2.45, 2.75) is 52.4 Å². The molecule has 0 aromatic carbocycles. The van der Waals surface area contributed by atoms with Crippen molar-refractivity contribution in [3.05, 3.63) is 0 Å². The number of nitrogens with zero attached hydrogens (tertiary/aromatic N) is 2. The van der Waals surface area contributed by atoms with Gasteiger partial charge < -0.3 is 15.0 Å². The molecule has 2 aliphatic rings. The van der Waals surface area contributed by atoms with Crippen molar-refractivity contribution in [1.82, 2.24) is 10.2 Å². The Labute approximate surface area is 140 Å². The Morgan fingerprint density at radius 3 is 2.61 bits per heavy atom. The van der Waals surface area contributed by atoms with Crippen LogP contribution >= 0.6 is 0 Å². The van der Waals surface area contributed by atoms with Crippen LogP contribution in [0.4, 0.5) is 0 Å². The van der Waals surface area contributed by atoms with Crippen LogP contribution < -0.4 is 5.32 Å². The molecule has 2 atom stereocenters. The lowest BCUT2D eigenvalue weighted by molar-refractivity contribution is -0.146. The fraction of sp³-hybridized carbons (Fsp3) is 0.889. The normalized spacial score (nSPS) is 26.9. The van der Waals surface area contributed by atoms with Crippen molar-refractivity contribution in [2.24, 2.45) is 22.7 Å². The lowest BCUT2D eigenvalue weighted by atomic mass is 9.82. The number of nitrogens with one attached hydrogen (secondary N) is 1. The minimum atomic E-state index is -0.0669. The SMILES string of the molecule is CCNC(=NCC1CCCC(C)C1)N1CCC(C(=O)OC)CC1. The molecule has 0 amide bonds. The zero-order valence-electron chi connectivity index (χ0n) is 15.0. The van der Waals surface area contributed by atoms with Gasteiger partial charge in [-0.2, -0.15) is 0 Å². The van der Waals surface area contributed by atoms with E-state index in [1.807, 2.05) is 0 Å². The third kappa shape index (κ3) is 5.40. The predicted octanol–water partition coefficient (Wildman–Crippen LogP) is 2.66. The van der Waals surface area contributed by atoms with Crippen LogP contribution in [0.3, 0.4) is 0 Å². The highest BCUT2D eigenvalue weighted by atomic mass is 16.5. The van der Waals surface area contributed by atoms with Gasteiger partial charge in [-0.15, -0.1) is 0 Å². The van der Waals surface area contributed by atoms with Gasteiger partial charge >= 0.3 is 5.97 Å². The molecule has 0 radical (unpaired) electrons. The molecule has 1 heterocycles. The summed E-state index contributed by atoms with van der Waals surface area (Å²) in [6, 6.07) is 0. The third-order valence-corrected chi connectivity index (χ3v) is 5.21. The van der Waals surface area contributed by atoms with Crippen molar-refractivity contribution in [3.63, 3.8) is 0 Å². The third-order valence-electron chi connectivity index (χ3n) is 5.21. The molecule has 1 saturated heterocycles. The summed E-state index contributed by atoms with van der Waals surface area (Å²) in [6.45, 7) is 8.05. The van der Waals surface area contributed by atoms with Crippen LogP contribution in [0, 0.1) is 17.8 Å². The average molecular weight is 323 g/mol. The van der Waals surface area contributed by atoms with Gasteiger partial charge in [-0.3, -0.25) is 9.79 Å². The van der Waals surface area contributed by atoms with Crippen molar-refractivity contribution in [2.75, 3.05) is 33.3 Å². The quantitative estimate of drug-likeness (QED) is 0.491. The van der Waals surface area contributed by atoms with E-state index >= 15 is 0 Å². The second-order valence-corrected chi connectivity index (χ2v) is 7.12. The number of carbonyl (C=O) groups is 1. The molecular weight excluding hydrogens is 290 g/mol. The molecule has 1 saturated carbocycles. The summed E-state index contributed by atoms with van der Waals surface area (Å²) >= 11 is 0. The summed E-state index contributed by atoms with van der Waals surface area (Å²) < 4.78 is 4.87. The smallest absolute Gasteiger partial charge is 0.308 e. The topological polar surface area (TPSA) is 53.9 Å². The maximum Gasteiger partial charge on any atom is 0.308 e. The van der Waals surface area contributed by atoms with Crippen LogP contribution in [0.5, 0.6) is 0 Å². The molecule has 2 unspecified atom stereocenters. The van der Waals surface area contributed by atoms with Crippen LogP contribution in [-0.2, 0) is 9.53 Å². The maximum absolute atomic E-state index is 11.6. The summed E-state index contributed by atoms with van der Waals surface area (Å²) in [4.78, 5) is 18.8. The molecule has 1 aliphatic carbocycles. The van der Waals surface area contributed by atoms with Crippen LogP contribution in [-0.4, -0.2) is 50.1 Å². The van der Waals surface area contributed by atoms with Gasteiger partial charge in [0.25, 0.3) is 0 Å². The molecule has 5 nitrogen and oxygen atoms in total. The Balaban J connectivity index is 1.88. The number of hydrogen-bond donors (Lipinski definition) is 1. The minimum absolute atomic E-state index is 0.0540. The van der Waals surface area contributed by atoms with Crippen LogP contribution in [0.2, 0.25) is 0 Å². The maximum atomic E-state index is 11.6. The highest BCUT2D eigenvalue weighted by Crippen LogP contribution is 2.28. The molecule has 2 fully saturated rings. The highest BCUT2D eigenvalue weighted by Gasteiger charge is 2.27. The van der Waals surface area contributed by atoms with E-state index < -0.39 is 0 Å². The Bertz CT molecular complexity index is 403. The van der Waals surface area contributed by atoms with Crippen LogP contribution in [0.1, 0.15) is 52.4 Å². The molecule has 0 spiro atoms. The molecule has 1 N–H and O–H groups in total. The number of hydrogen-bond acceptors (Lipinski definition) is 3. The summed E-state index contributed by atoms with van der Waals surface area (Å²) in [5.74, 6) is 2.59. The number of rotatable bonds is 4. The number of carbonyl (C=O) groups excluding carboxylic acids is 1. The second kappa shape index (κ2) is 9.14. The summed E-state index contributed by atoms with van der Waals surface area (Å²) in [6.07, 6.45) is 7.07. The van der Waals surface area contributed by atoms with E-state index in [2.05, 4.69) is 24.1 Å². The first-order valence-corrected chi connectivity index (χ1v) is 9.25. The van der Waals surface area contributed by atoms with Crippen molar-refractivity contribution in [1.29, 1.82) is 0 Å². The number of guanidine groups is 1. The standard InChI is InChI=1S/C18H33N3O2/c1-4-19-18(20-13-15-7-5-6-14(2)12-15)21-10-8-16(9-11-21)17(22)23-3/h14-16H,4-13H2,1-3H3,(H,19,20). The Morgan fingerprint density at radius 1 is 1.26 bits per heavy atom. The van der Waals surface area contributed by atoms with E-state index in [0.717, 1.165) is 56.8 Å². The largest absolute Gasteiger partial charge is 0.469 e. The van der Waals surface area contributed by atoms with Crippen LogP contribution in [0.15, 0.2) is 4.99 Å². The Kier molecular flexibility index (Phi) is 7.18. The highest BCUT2D eigenvalue weighted by molar-refractivity contribution is 5.80. The summed E-state index contributed by atoms with van der Waals surface area (Å²) in [5.41, 5.74) is 0. The average Bonchev–Trinajstić information content (AvgIpc) is 2.58. The first-order valence-electron chi connectivity index (χ1n) is 9.25. The Hall–Kier alpha value is -1.26. The summed E-state index contributed by atoms with van der Waals surface area (Å²) in [5, 5.41) is 3.42. The van der Waals surface area contributed by atoms with E-state index in [0.29, 0.717) is 0 Å². The summed E-state index contributed by atoms with van der Waals surface area (Å²) in [7, 11) is 1.48. The Morgan fingerprint density at radius 2 is 2.00 bits per heavy atom. The molecule has 23 heavy (non-hydrogen) atoms. The van der Waals surface area contributed by atoms with Gasteiger partial charge in [0.2, 0.25) is 0 Å². The minimum Gasteiger partial charge on any atom is -0.469 e. The monoisotopic (exact) mass is 323 g/mol. The van der Waals surface area contributed by atoms with Crippen molar-refractivity contribution >= 4 is 11.9 Å². The van der Waals surface area contributed by atoms with Gasteiger partial charge in [0.15, 0.2) is 5.96 Å². The predicted molar refractivity (Wildman–Crippen MR) is 93.4 cm³/mol. The molecule has 2 rings (SSSR count).